The summed E-state index contributed by atoms with van der Waals surface area (Å²) in [5, 5.41) is 3.33. The molecular weight excluding hydrogens is 286 g/mol. The van der Waals surface area contributed by atoms with Crippen LogP contribution < -0.4 is 5.32 Å². The number of piperidine rings is 1. The molecule has 1 amide bonds. The number of pyridine rings is 1. The second kappa shape index (κ2) is 8.44. The summed E-state index contributed by atoms with van der Waals surface area (Å²) < 4.78 is 0. The Morgan fingerprint density at radius 3 is 2.52 bits per heavy atom. The highest BCUT2D eigenvalue weighted by Crippen LogP contribution is 2.21. The van der Waals surface area contributed by atoms with E-state index >= 15 is 0 Å². The van der Waals surface area contributed by atoms with Gasteiger partial charge in [0.15, 0.2) is 0 Å². The first-order chi connectivity index (χ1) is 11.3. The van der Waals surface area contributed by atoms with E-state index in [0.717, 1.165) is 32.5 Å². The van der Waals surface area contributed by atoms with Gasteiger partial charge in [-0.2, -0.15) is 0 Å². The summed E-state index contributed by atoms with van der Waals surface area (Å²) in [5.74, 6) is 0.515. The summed E-state index contributed by atoms with van der Waals surface area (Å²) in [4.78, 5) is 19.1. The maximum Gasteiger partial charge on any atom is 0.223 e. The van der Waals surface area contributed by atoms with E-state index in [-0.39, 0.29) is 5.92 Å². The van der Waals surface area contributed by atoms with Crippen LogP contribution in [0.5, 0.6) is 0 Å². The van der Waals surface area contributed by atoms with Crippen LogP contribution in [0, 0.1) is 5.92 Å². The van der Waals surface area contributed by atoms with Gasteiger partial charge in [0, 0.05) is 30.9 Å². The molecular formula is C19H29N3O. The highest BCUT2D eigenvalue weighted by Gasteiger charge is 2.26. The van der Waals surface area contributed by atoms with Gasteiger partial charge in [-0.15, -0.1) is 0 Å². The summed E-state index contributed by atoms with van der Waals surface area (Å²) in [7, 11) is 0. The molecule has 0 aromatic carbocycles. The average molecular weight is 315 g/mol. The Hall–Kier alpha value is -1.42. The summed E-state index contributed by atoms with van der Waals surface area (Å²) in [6.07, 6.45) is 13.3. The molecule has 3 rings (SSSR count). The van der Waals surface area contributed by atoms with E-state index in [1.807, 2.05) is 18.5 Å². The first-order valence-electron chi connectivity index (χ1n) is 9.23. The minimum absolute atomic E-state index is 0.211. The van der Waals surface area contributed by atoms with Crippen molar-refractivity contribution in [1.82, 2.24) is 15.2 Å². The number of nitrogens with zero attached hydrogens (tertiary/aromatic N) is 2. The number of carbonyl (C=O) groups excluding carboxylic acids is 1. The topological polar surface area (TPSA) is 45.2 Å². The number of nitrogens with one attached hydrogen (secondary N) is 1. The van der Waals surface area contributed by atoms with Gasteiger partial charge in [0.25, 0.3) is 0 Å². The third-order valence-corrected chi connectivity index (χ3v) is 5.29. The molecule has 2 aliphatic rings. The standard InChI is InChI=1S/C19H29N3O/c23-19(21-18-7-3-1-2-4-8-18)17-9-12-22(13-10-17)15-16-6-5-11-20-14-16/h5-6,11,14,17-18H,1-4,7-10,12-13,15H2,(H,21,23). The van der Waals surface area contributed by atoms with Crippen molar-refractivity contribution in [3.05, 3.63) is 30.1 Å². The molecule has 1 saturated carbocycles. The normalized spacial score (nSPS) is 21.7. The van der Waals surface area contributed by atoms with E-state index in [2.05, 4.69) is 21.3 Å². The highest BCUT2D eigenvalue weighted by molar-refractivity contribution is 5.79. The molecule has 2 fully saturated rings. The van der Waals surface area contributed by atoms with Crippen molar-refractivity contribution in [1.29, 1.82) is 0 Å². The zero-order chi connectivity index (χ0) is 15.9. The Kier molecular flexibility index (Phi) is 6.03. The minimum Gasteiger partial charge on any atom is -0.353 e. The van der Waals surface area contributed by atoms with Crippen molar-refractivity contribution in [2.45, 2.75) is 64.0 Å². The lowest BCUT2D eigenvalue weighted by molar-refractivity contribution is -0.127. The van der Waals surface area contributed by atoms with Crippen molar-refractivity contribution >= 4 is 5.91 Å². The van der Waals surface area contributed by atoms with Gasteiger partial charge >= 0.3 is 0 Å². The van der Waals surface area contributed by atoms with E-state index in [1.54, 1.807) is 0 Å². The van der Waals surface area contributed by atoms with Gasteiger partial charge in [-0.3, -0.25) is 14.7 Å². The number of amides is 1. The van der Waals surface area contributed by atoms with E-state index < -0.39 is 0 Å². The Morgan fingerprint density at radius 2 is 1.87 bits per heavy atom. The molecule has 1 aromatic heterocycles. The SMILES string of the molecule is O=C(NC1CCCCCC1)C1CCN(Cc2cccnc2)CC1. The fourth-order valence-corrected chi connectivity index (χ4v) is 3.85. The lowest BCUT2D eigenvalue weighted by Crippen LogP contribution is -2.43. The van der Waals surface area contributed by atoms with E-state index in [4.69, 9.17) is 0 Å². The second-order valence-corrected chi connectivity index (χ2v) is 7.11. The molecule has 1 N–H and O–H groups in total. The largest absolute Gasteiger partial charge is 0.353 e. The molecule has 1 aliphatic carbocycles. The van der Waals surface area contributed by atoms with Crippen molar-refractivity contribution in [2.75, 3.05) is 13.1 Å². The van der Waals surface area contributed by atoms with Gasteiger partial charge in [0.05, 0.1) is 0 Å². The van der Waals surface area contributed by atoms with Gasteiger partial charge in [0.2, 0.25) is 5.91 Å². The molecule has 0 atom stereocenters. The number of likely N-dealkylation sites (tertiary alicyclic amines) is 1. The van der Waals surface area contributed by atoms with Crippen molar-refractivity contribution in [3.8, 4) is 0 Å². The number of aromatic nitrogens is 1. The van der Waals surface area contributed by atoms with Crippen molar-refractivity contribution in [2.24, 2.45) is 5.92 Å². The fourth-order valence-electron chi connectivity index (χ4n) is 3.85. The number of rotatable bonds is 4. The van der Waals surface area contributed by atoms with Crippen LogP contribution in [0.4, 0.5) is 0 Å². The van der Waals surface area contributed by atoms with Gasteiger partial charge in [0.1, 0.15) is 0 Å². The summed E-state index contributed by atoms with van der Waals surface area (Å²) in [6.45, 7) is 2.97. The third-order valence-electron chi connectivity index (χ3n) is 5.29. The van der Waals surface area contributed by atoms with Gasteiger partial charge in [-0.1, -0.05) is 31.7 Å². The Labute approximate surface area is 139 Å². The van der Waals surface area contributed by atoms with Crippen LogP contribution in [-0.2, 0) is 11.3 Å². The lowest BCUT2D eigenvalue weighted by Gasteiger charge is -2.32. The predicted molar refractivity (Wildman–Crippen MR) is 91.9 cm³/mol. The summed E-state index contributed by atoms with van der Waals surface area (Å²) in [5.41, 5.74) is 1.26. The zero-order valence-electron chi connectivity index (χ0n) is 14.0. The van der Waals surface area contributed by atoms with Gasteiger partial charge in [-0.05, 0) is 50.4 Å². The second-order valence-electron chi connectivity index (χ2n) is 7.11. The van der Waals surface area contributed by atoms with Crippen LogP contribution in [0.15, 0.2) is 24.5 Å². The smallest absolute Gasteiger partial charge is 0.223 e. The number of carbonyl (C=O) groups is 1. The molecule has 4 nitrogen and oxygen atoms in total. The first-order valence-corrected chi connectivity index (χ1v) is 9.23. The monoisotopic (exact) mass is 315 g/mol. The van der Waals surface area contributed by atoms with Crippen LogP contribution >= 0.6 is 0 Å². The van der Waals surface area contributed by atoms with Crippen LogP contribution in [0.2, 0.25) is 0 Å². The quantitative estimate of drug-likeness (QED) is 0.868. The molecule has 1 aromatic rings. The molecule has 2 heterocycles. The molecule has 0 radical (unpaired) electrons. The van der Waals surface area contributed by atoms with Gasteiger partial charge in [-0.25, -0.2) is 0 Å². The van der Waals surface area contributed by atoms with E-state index in [9.17, 15) is 4.79 Å². The van der Waals surface area contributed by atoms with Crippen molar-refractivity contribution in [3.63, 3.8) is 0 Å². The van der Waals surface area contributed by atoms with E-state index in [0.29, 0.717) is 11.9 Å². The Morgan fingerprint density at radius 1 is 1.13 bits per heavy atom. The summed E-state index contributed by atoms with van der Waals surface area (Å²) in [6, 6.07) is 4.54. The molecule has 1 saturated heterocycles. The van der Waals surface area contributed by atoms with Crippen LogP contribution in [0.3, 0.4) is 0 Å². The Balaban J connectivity index is 1.42. The molecule has 1 aliphatic heterocycles. The minimum atomic E-state index is 0.211. The average Bonchev–Trinajstić information content (AvgIpc) is 2.85. The molecule has 4 heteroatoms. The first kappa shape index (κ1) is 16.4. The zero-order valence-corrected chi connectivity index (χ0v) is 14.0. The maximum atomic E-state index is 12.5. The molecule has 0 spiro atoms. The van der Waals surface area contributed by atoms with Crippen molar-refractivity contribution < 1.29 is 4.79 Å². The lowest BCUT2D eigenvalue weighted by atomic mass is 9.95. The Bertz CT molecular complexity index is 475. The van der Waals surface area contributed by atoms with E-state index in [1.165, 1.54) is 44.1 Å². The van der Waals surface area contributed by atoms with Crippen LogP contribution in [-0.4, -0.2) is 34.9 Å². The molecule has 23 heavy (non-hydrogen) atoms. The maximum absolute atomic E-state index is 12.5. The molecule has 0 unspecified atom stereocenters. The summed E-state index contributed by atoms with van der Waals surface area (Å²) >= 11 is 0. The fraction of sp³-hybridized carbons (Fsp3) is 0.684. The molecule has 0 bridgehead atoms. The highest BCUT2D eigenvalue weighted by atomic mass is 16.1. The van der Waals surface area contributed by atoms with Crippen LogP contribution in [0.1, 0.15) is 56.9 Å². The molecule has 126 valence electrons. The third kappa shape index (κ3) is 5.03. The predicted octanol–water partition coefficient (Wildman–Crippen LogP) is 3.13. The van der Waals surface area contributed by atoms with Crippen LogP contribution in [0.25, 0.3) is 0 Å². The number of hydrogen-bond acceptors (Lipinski definition) is 3. The van der Waals surface area contributed by atoms with Gasteiger partial charge < -0.3 is 5.32 Å². The number of hydrogen-bond donors (Lipinski definition) is 1.